The highest BCUT2D eigenvalue weighted by molar-refractivity contribution is 6.00. The van der Waals surface area contributed by atoms with E-state index in [0.29, 0.717) is 30.3 Å². The summed E-state index contributed by atoms with van der Waals surface area (Å²) in [6.07, 6.45) is 2.17. The molecule has 0 spiro atoms. The predicted octanol–water partition coefficient (Wildman–Crippen LogP) is 4.21. The van der Waals surface area contributed by atoms with E-state index < -0.39 is 5.92 Å². The van der Waals surface area contributed by atoms with Crippen LogP contribution in [0.1, 0.15) is 23.5 Å². The maximum Gasteiger partial charge on any atom is 0.231 e. The number of nitrogens with one attached hydrogen (secondary N) is 2. The number of carbonyl (C=O) groups excluding carboxylic acids is 2. The summed E-state index contributed by atoms with van der Waals surface area (Å²) in [4.78, 5) is 31.1. The van der Waals surface area contributed by atoms with Crippen LogP contribution in [0.2, 0.25) is 0 Å². The normalized spacial score (nSPS) is 17.3. The zero-order valence-corrected chi connectivity index (χ0v) is 20.4. The Balaban J connectivity index is 1.20. The summed E-state index contributed by atoms with van der Waals surface area (Å²) in [5.74, 6) is 1.33. The van der Waals surface area contributed by atoms with Gasteiger partial charge in [-0.05, 0) is 41.5 Å². The molecule has 2 N–H and O–H groups in total. The van der Waals surface area contributed by atoms with Crippen molar-refractivity contribution in [3.05, 3.63) is 84.1 Å². The fraction of sp³-hybridized carbons (Fsp3) is 0.241. The highest BCUT2D eigenvalue weighted by Gasteiger charge is 2.36. The van der Waals surface area contributed by atoms with Crippen molar-refractivity contribution in [3.63, 3.8) is 0 Å². The molecule has 2 atom stereocenters. The average molecular weight is 498 g/mol. The quantitative estimate of drug-likeness (QED) is 0.399. The van der Waals surface area contributed by atoms with Gasteiger partial charge in [-0.3, -0.25) is 9.59 Å². The van der Waals surface area contributed by atoms with Crippen LogP contribution >= 0.6 is 0 Å². The minimum absolute atomic E-state index is 0.0759. The van der Waals surface area contributed by atoms with Crippen LogP contribution in [-0.4, -0.2) is 43.8 Å². The molecule has 0 saturated carbocycles. The van der Waals surface area contributed by atoms with Gasteiger partial charge in [0.1, 0.15) is 5.75 Å². The molecule has 1 aromatic heterocycles. The van der Waals surface area contributed by atoms with Gasteiger partial charge in [-0.15, -0.1) is 0 Å². The first-order chi connectivity index (χ1) is 18.1. The molecule has 3 aromatic carbocycles. The van der Waals surface area contributed by atoms with Crippen molar-refractivity contribution in [1.29, 1.82) is 0 Å². The zero-order chi connectivity index (χ0) is 25.4. The van der Waals surface area contributed by atoms with Gasteiger partial charge in [-0.2, -0.15) is 0 Å². The summed E-state index contributed by atoms with van der Waals surface area (Å²) in [7, 11) is 1.64. The number of para-hydroxylation sites is 1. The molecule has 2 aliphatic heterocycles. The van der Waals surface area contributed by atoms with Crippen LogP contribution in [0.5, 0.6) is 17.2 Å². The molecule has 2 aliphatic rings. The van der Waals surface area contributed by atoms with Gasteiger partial charge >= 0.3 is 0 Å². The second-order valence-corrected chi connectivity index (χ2v) is 9.30. The minimum Gasteiger partial charge on any atom is -0.497 e. The maximum absolute atomic E-state index is 13.3. The van der Waals surface area contributed by atoms with Crippen LogP contribution in [0.4, 0.5) is 5.69 Å². The van der Waals surface area contributed by atoms with E-state index in [1.54, 1.807) is 24.1 Å². The van der Waals surface area contributed by atoms with Gasteiger partial charge in [-0.1, -0.05) is 30.3 Å². The second-order valence-electron chi connectivity index (χ2n) is 9.30. The molecule has 8 heteroatoms. The van der Waals surface area contributed by atoms with Crippen molar-refractivity contribution in [2.24, 2.45) is 5.92 Å². The van der Waals surface area contributed by atoms with Crippen LogP contribution in [0, 0.1) is 5.92 Å². The maximum atomic E-state index is 13.3. The number of anilines is 1. The first-order valence-corrected chi connectivity index (χ1v) is 12.3. The summed E-state index contributed by atoms with van der Waals surface area (Å²) < 4.78 is 16.1. The summed E-state index contributed by atoms with van der Waals surface area (Å²) in [6, 6.07) is 21.4. The summed E-state index contributed by atoms with van der Waals surface area (Å²) in [6.45, 7) is 0.899. The highest BCUT2D eigenvalue weighted by Crippen LogP contribution is 2.37. The third-order valence-corrected chi connectivity index (χ3v) is 7.16. The molecule has 1 fully saturated rings. The molecule has 2 amide bonds. The van der Waals surface area contributed by atoms with Gasteiger partial charge in [-0.25, -0.2) is 0 Å². The van der Waals surface area contributed by atoms with Crippen LogP contribution in [0.15, 0.2) is 72.9 Å². The lowest BCUT2D eigenvalue weighted by Gasteiger charge is -2.20. The Morgan fingerprint density at radius 1 is 1.11 bits per heavy atom. The molecule has 37 heavy (non-hydrogen) atoms. The molecule has 3 heterocycles. The molecule has 4 aromatic rings. The van der Waals surface area contributed by atoms with E-state index in [4.69, 9.17) is 14.2 Å². The predicted molar refractivity (Wildman–Crippen MR) is 139 cm³/mol. The lowest BCUT2D eigenvalue weighted by Crippen LogP contribution is -2.35. The largest absolute Gasteiger partial charge is 0.497 e. The van der Waals surface area contributed by atoms with Crippen molar-refractivity contribution in [1.82, 2.24) is 10.3 Å². The minimum atomic E-state index is -0.433. The number of H-pyrrole nitrogens is 1. The van der Waals surface area contributed by atoms with Crippen molar-refractivity contribution in [3.8, 4) is 17.2 Å². The zero-order valence-electron chi connectivity index (χ0n) is 20.4. The molecular formula is C29H27N3O5. The number of nitrogens with zero attached hydrogens (tertiary/aromatic N) is 1. The Morgan fingerprint density at radius 2 is 1.92 bits per heavy atom. The highest BCUT2D eigenvalue weighted by atomic mass is 16.7. The van der Waals surface area contributed by atoms with Crippen LogP contribution in [0.25, 0.3) is 10.9 Å². The van der Waals surface area contributed by atoms with Crippen LogP contribution in [-0.2, 0) is 9.59 Å². The van der Waals surface area contributed by atoms with Crippen molar-refractivity contribution in [2.45, 2.75) is 12.3 Å². The average Bonchev–Trinajstić information content (AvgIpc) is 3.67. The standard InChI is InChI=1S/C29H27N3O5/c1-35-21-9-6-18(7-10-21)23(24-15-30-25-5-3-2-4-22(24)25)14-31-29(34)19-12-28(33)32(16-19)20-8-11-26-27(13-20)37-17-36-26/h2-11,13,15,19,23,30H,12,14,16-17H2,1H3,(H,31,34). The number of fused-ring (bicyclic) bond motifs is 2. The molecule has 6 rings (SSSR count). The molecular weight excluding hydrogens is 470 g/mol. The molecule has 0 radical (unpaired) electrons. The molecule has 0 bridgehead atoms. The van der Waals surface area contributed by atoms with Gasteiger partial charge in [0.2, 0.25) is 18.6 Å². The number of hydrogen-bond acceptors (Lipinski definition) is 5. The van der Waals surface area contributed by atoms with Gasteiger partial charge in [0.15, 0.2) is 11.5 Å². The fourth-order valence-electron chi connectivity index (χ4n) is 5.16. The molecule has 188 valence electrons. The SMILES string of the molecule is COc1ccc(C(CNC(=O)C2CC(=O)N(c3ccc4c(c3)OCO4)C2)c2c[nH]c3ccccc23)cc1. The molecule has 1 saturated heterocycles. The first kappa shape index (κ1) is 23.0. The number of methoxy groups -OCH3 is 1. The van der Waals surface area contributed by atoms with Crippen molar-refractivity contribution >= 4 is 28.4 Å². The Bertz CT molecular complexity index is 1460. The lowest BCUT2D eigenvalue weighted by atomic mass is 9.90. The Kier molecular flexibility index (Phi) is 5.92. The third-order valence-electron chi connectivity index (χ3n) is 7.16. The first-order valence-electron chi connectivity index (χ1n) is 12.3. The van der Waals surface area contributed by atoms with E-state index in [9.17, 15) is 9.59 Å². The van der Waals surface area contributed by atoms with E-state index >= 15 is 0 Å². The fourth-order valence-corrected chi connectivity index (χ4v) is 5.16. The van der Waals surface area contributed by atoms with E-state index in [0.717, 1.165) is 27.8 Å². The van der Waals surface area contributed by atoms with Crippen molar-refractivity contribution in [2.75, 3.05) is 31.9 Å². The topological polar surface area (TPSA) is 92.9 Å². The van der Waals surface area contributed by atoms with E-state index in [-0.39, 0.29) is 30.9 Å². The number of aromatic nitrogens is 1. The number of amides is 2. The summed E-state index contributed by atoms with van der Waals surface area (Å²) in [5.41, 5.74) is 3.92. The number of carbonyl (C=O) groups is 2. The Hall–Kier alpha value is -4.46. The van der Waals surface area contributed by atoms with Gasteiger partial charge < -0.3 is 29.4 Å². The van der Waals surface area contributed by atoms with E-state index in [2.05, 4.69) is 16.4 Å². The number of aromatic amines is 1. The lowest BCUT2D eigenvalue weighted by molar-refractivity contribution is -0.126. The Labute approximate surface area is 214 Å². The van der Waals surface area contributed by atoms with Gasteiger partial charge in [0, 0.05) is 54.3 Å². The van der Waals surface area contributed by atoms with Gasteiger partial charge in [0.25, 0.3) is 0 Å². The van der Waals surface area contributed by atoms with Crippen LogP contribution in [0.3, 0.4) is 0 Å². The summed E-state index contributed by atoms with van der Waals surface area (Å²) in [5, 5.41) is 4.24. The van der Waals surface area contributed by atoms with Gasteiger partial charge in [0.05, 0.1) is 13.0 Å². The number of hydrogen-bond donors (Lipinski definition) is 2. The monoisotopic (exact) mass is 497 g/mol. The molecule has 2 unspecified atom stereocenters. The van der Waals surface area contributed by atoms with E-state index in [1.807, 2.05) is 54.7 Å². The Morgan fingerprint density at radius 3 is 2.76 bits per heavy atom. The van der Waals surface area contributed by atoms with E-state index in [1.165, 1.54) is 0 Å². The molecule has 8 nitrogen and oxygen atoms in total. The smallest absolute Gasteiger partial charge is 0.231 e. The third kappa shape index (κ3) is 4.35. The summed E-state index contributed by atoms with van der Waals surface area (Å²) >= 11 is 0. The second kappa shape index (κ2) is 9.54. The molecule has 0 aliphatic carbocycles. The number of rotatable bonds is 7. The van der Waals surface area contributed by atoms with Crippen LogP contribution < -0.4 is 24.4 Å². The number of ether oxygens (including phenoxy) is 3. The van der Waals surface area contributed by atoms with Crippen molar-refractivity contribution < 1.29 is 23.8 Å². The number of benzene rings is 3.